The maximum absolute atomic E-state index is 13.5. The summed E-state index contributed by atoms with van der Waals surface area (Å²) < 4.78 is 5.49. The molecule has 0 saturated carbocycles. The van der Waals surface area contributed by atoms with Crippen molar-refractivity contribution < 1.29 is 14.3 Å². The smallest absolute Gasteiger partial charge is 0.421 e. The van der Waals surface area contributed by atoms with Crippen molar-refractivity contribution in [3.63, 3.8) is 0 Å². The van der Waals surface area contributed by atoms with Crippen LogP contribution in [-0.2, 0) is 27.8 Å². The Labute approximate surface area is 157 Å². The summed E-state index contributed by atoms with van der Waals surface area (Å²) in [5, 5.41) is 0.484. The normalized spacial score (nSPS) is 17.4. The van der Waals surface area contributed by atoms with Gasteiger partial charge >= 0.3 is 6.09 Å². The molecule has 2 aromatic carbocycles. The summed E-state index contributed by atoms with van der Waals surface area (Å²) in [5.41, 5.74) is 2.21. The Balaban J connectivity index is 1.82. The first kappa shape index (κ1) is 17.1. The zero-order chi connectivity index (χ0) is 18.7. The van der Waals surface area contributed by atoms with Gasteiger partial charge in [0, 0.05) is 5.02 Å². The van der Waals surface area contributed by atoms with Crippen LogP contribution in [0.3, 0.4) is 0 Å². The van der Waals surface area contributed by atoms with Crippen molar-refractivity contribution in [2.24, 2.45) is 0 Å². The van der Waals surface area contributed by atoms with Gasteiger partial charge in [-0.1, -0.05) is 41.9 Å². The average Bonchev–Trinajstić information content (AvgIpc) is 3.03. The largest absolute Gasteiger partial charge is 0.443 e. The van der Waals surface area contributed by atoms with Gasteiger partial charge in [-0.2, -0.15) is 0 Å². The van der Waals surface area contributed by atoms with E-state index < -0.39 is 17.1 Å². The number of amides is 2. The third kappa shape index (κ3) is 2.52. The second kappa shape index (κ2) is 5.58. The fraction of sp³-hybridized carbons (Fsp3) is 0.333. The molecule has 0 radical (unpaired) electrons. The van der Waals surface area contributed by atoms with Crippen LogP contribution in [-0.4, -0.2) is 17.6 Å². The zero-order valence-corrected chi connectivity index (χ0v) is 15.8. The number of hydrogen-bond donors (Lipinski definition) is 0. The van der Waals surface area contributed by atoms with Gasteiger partial charge in [-0.15, -0.1) is 0 Å². The molecule has 2 aliphatic rings. The van der Waals surface area contributed by atoms with Crippen molar-refractivity contribution in [2.45, 2.75) is 44.6 Å². The number of fused-ring (bicyclic) bond motifs is 3. The van der Waals surface area contributed by atoms with Crippen LogP contribution in [0.1, 0.15) is 37.5 Å². The van der Waals surface area contributed by atoms with E-state index in [9.17, 15) is 9.59 Å². The number of halogens is 1. The summed E-state index contributed by atoms with van der Waals surface area (Å²) in [6, 6.07) is 13.4. The number of imide groups is 1. The lowest BCUT2D eigenvalue weighted by Crippen LogP contribution is -2.45. The third-order valence-electron chi connectivity index (χ3n) is 5.01. The number of hydrogen-bond acceptors (Lipinski definition) is 3. The summed E-state index contributed by atoms with van der Waals surface area (Å²) in [6.07, 6.45) is 0.505. The van der Waals surface area contributed by atoms with E-state index in [-0.39, 0.29) is 5.91 Å². The van der Waals surface area contributed by atoms with Crippen LogP contribution < -0.4 is 4.90 Å². The van der Waals surface area contributed by atoms with Crippen LogP contribution in [0.15, 0.2) is 42.5 Å². The molecule has 0 saturated heterocycles. The van der Waals surface area contributed by atoms with E-state index >= 15 is 0 Å². The molecule has 0 aromatic heterocycles. The molecule has 0 fully saturated rings. The quantitative estimate of drug-likeness (QED) is 0.678. The highest BCUT2D eigenvalue weighted by Gasteiger charge is 2.56. The Bertz CT molecular complexity index is 904. The summed E-state index contributed by atoms with van der Waals surface area (Å²) in [4.78, 5) is 27.4. The highest BCUT2D eigenvalue weighted by molar-refractivity contribution is 6.31. The van der Waals surface area contributed by atoms with E-state index in [4.69, 9.17) is 16.3 Å². The topological polar surface area (TPSA) is 46.6 Å². The molecule has 0 atom stereocenters. The van der Waals surface area contributed by atoms with Gasteiger partial charge in [0.05, 0.1) is 11.1 Å². The molecule has 4 rings (SSSR count). The lowest BCUT2D eigenvalue weighted by atomic mass is 9.79. The van der Waals surface area contributed by atoms with E-state index in [2.05, 4.69) is 0 Å². The fourth-order valence-corrected chi connectivity index (χ4v) is 4.15. The van der Waals surface area contributed by atoms with Crippen molar-refractivity contribution >= 4 is 29.3 Å². The molecule has 1 aliphatic carbocycles. The number of carbonyl (C=O) groups excluding carboxylic acids is 2. The molecule has 1 heterocycles. The number of anilines is 1. The molecule has 134 valence electrons. The van der Waals surface area contributed by atoms with Gasteiger partial charge in [-0.05, 0) is 62.4 Å². The molecule has 4 nitrogen and oxygen atoms in total. The van der Waals surface area contributed by atoms with Gasteiger partial charge in [-0.3, -0.25) is 4.79 Å². The lowest BCUT2D eigenvalue weighted by molar-refractivity contribution is -0.122. The molecule has 2 aromatic rings. The Morgan fingerprint density at radius 3 is 2.31 bits per heavy atom. The average molecular weight is 370 g/mol. The van der Waals surface area contributed by atoms with Crippen LogP contribution in [0, 0.1) is 0 Å². The van der Waals surface area contributed by atoms with E-state index in [1.807, 2.05) is 30.3 Å². The van der Waals surface area contributed by atoms with E-state index in [1.54, 1.807) is 32.9 Å². The molecule has 5 heteroatoms. The first-order chi connectivity index (χ1) is 12.2. The third-order valence-corrected chi connectivity index (χ3v) is 5.24. The van der Waals surface area contributed by atoms with Crippen molar-refractivity contribution in [1.82, 2.24) is 0 Å². The second-order valence-electron chi connectivity index (χ2n) is 7.99. The second-order valence-corrected chi connectivity index (χ2v) is 8.42. The van der Waals surface area contributed by atoms with Crippen LogP contribution in [0.4, 0.5) is 10.5 Å². The minimum Gasteiger partial charge on any atom is -0.443 e. The monoisotopic (exact) mass is 369 g/mol. The molecule has 0 N–H and O–H groups in total. The minimum absolute atomic E-state index is 0.236. The number of nitrogens with zero attached hydrogens (tertiary/aromatic N) is 1. The molecular formula is C21H20ClNO3. The fourth-order valence-electron chi connectivity index (χ4n) is 3.98. The minimum atomic E-state index is -0.763. The van der Waals surface area contributed by atoms with Crippen LogP contribution in [0.25, 0.3) is 0 Å². The maximum Gasteiger partial charge on any atom is 0.421 e. The van der Waals surface area contributed by atoms with Gasteiger partial charge < -0.3 is 4.74 Å². The standard InChI is InChI=1S/C21H20ClNO3/c1-20(2,3)26-19(25)23-17-10-15(22)8-9-16(17)21(18(23)24)11-13-6-4-5-7-14(13)12-21/h4-10H,11-12H2,1-3H3. The number of ether oxygens (including phenoxy) is 1. The highest BCUT2D eigenvalue weighted by Crippen LogP contribution is 2.50. The number of benzene rings is 2. The lowest BCUT2D eigenvalue weighted by Gasteiger charge is -2.25. The Morgan fingerprint density at radius 2 is 1.73 bits per heavy atom. The SMILES string of the molecule is CC(C)(C)OC(=O)N1C(=O)C2(Cc3ccccc3C2)c2ccc(Cl)cc21. The van der Waals surface area contributed by atoms with Gasteiger partial charge in [0.1, 0.15) is 5.60 Å². The van der Waals surface area contributed by atoms with E-state index in [1.165, 1.54) is 4.90 Å². The molecule has 1 spiro atoms. The summed E-state index contributed by atoms with van der Waals surface area (Å²) in [5.74, 6) is -0.236. The van der Waals surface area contributed by atoms with E-state index in [0.717, 1.165) is 16.7 Å². The van der Waals surface area contributed by atoms with E-state index in [0.29, 0.717) is 23.6 Å². The van der Waals surface area contributed by atoms with Crippen LogP contribution in [0.2, 0.25) is 5.02 Å². The van der Waals surface area contributed by atoms with Crippen LogP contribution >= 0.6 is 11.6 Å². The predicted molar refractivity (Wildman–Crippen MR) is 101 cm³/mol. The first-order valence-electron chi connectivity index (χ1n) is 8.66. The highest BCUT2D eigenvalue weighted by atomic mass is 35.5. The van der Waals surface area contributed by atoms with Gasteiger partial charge in [0.15, 0.2) is 0 Å². The Morgan fingerprint density at radius 1 is 1.12 bits per heavy atom. The van der Waals surface area contributed by atoms with Crippen molar-refractivity contribution in [2.75, 3.05) is 4.90 Å². The number of carbonyl (C=O) groups is 2. The van der Waals surface area contributed by atoms with Gasteiger partial charge in [0.25, 0.3) is 0 Å². The molecule has 1 aliphatic heterocycles. The summed E-state index contributed by atoms with van der Waals surface area (Å²) >= 11 is 6.17. The molecule has 2 amide bonds. The first-order valence-corrected chi connectivity index (χ1v) is 9.03. The number of rotatable bonds is 0. The van der Waals surface area contributed by atoms with Crippen molar-refractivity contribution in [3.05, 3.63) is 64.2 Å². The molecule has 0 unspecified atom stereocenters. The zero-order valence-electron chi connectivity index (χ0n) is 15.0. The van der Waals surface area contributed by atoms with Crippen molar-refractivity contribution in [1.29, 1.82) is 0 Å². The van der Waals surface area contributed by atoms with Gasteiger partial charge in [0.2, 0.25) is 5.91 Å². The van der Waals surface area contributed by atoms with Crippen LogP contribution in [0.5, 0.6) is 0 Å². The van der Waals surface area contributed by atoms with Crippen molar-refractivity contribution in [3.8, 4) is 0 Å². The Kier molecular flexibility index (Phi) is 3.67. The Hall–Kier alpha value is -2.33. The molecular weight excluding hydrogens is 350 g/mol. The van der Waals surface area contributed by atoms with Gasteiger partial charge in [-0.25, -0.2) is 9.69 Å². The maximum atomic E-state index is 13.5. The summed E-state index contributed by atoms with van der Waals surface area (Å²) in [7, 11) is 0. The summed E-state index contributed by atoms with van der Waals surface area (Å²) in [6.45, 7) is 5.35. The molecule has 26 heavy (non-hydrogen) atoms. The predicted octanol–water partition coefficient (Wildman–Crippen LogP) is 4.66. The molecule has 0 bridgehead atoms.